The number of carbonyl (C=O) groups excluding carboxylic acids is 1. The quantitative estimate of drug-likeness (QED) is 0.376. The standard InChI is InChI=1S/C7H9FO5S/c1-7(9)12-4-2-3-5-13-14(10,11)6-8/h4-6H2,1H3. The van der Waals surface area contributed by atoms with Gasteiger partial charge in [-0.25, -0.2) is 4.39 Å². The van der Waals surface area contributed by atoms with Crippen molar-refractivity contribution in [3.8, 4) is 11.8 Å². The molecule has 0 aromatic heterocycles. The van der Waals surface area contributed by atoms with Gasteiger partial charge in [0.15, 0.2) is 6.61 Å². The first-order valence-corrected chi connectivity index (χ1v) is 5.08. The number of esters is 1. The van der Waals surface area contributed by atoms with Crippen LogP contribution in [-0.4, -0.2) is 33.6 Å². The van der Waals surface area contributed by atoms with Crippen molar-refractivity contribution in [3.63, 3.8) is 0 Å². The highest BCUT2D eigenvalue weighted by molar-refractivity contribution is 7.86. The van der Waals surface area contributed by atoms with Crippen LogP contribution < -0.4 is 0 Å². The fourth-order valence-corrected chi connectivity index (χ4v) is 0.692. The summed E-state index contributed by atoms with van der Waals surface area (Å²) in [5.74, 6) is 4.06. The van der Waals surface area contributed by atoms with Gasteiger partial charge < -0.3 is 4.74 Å². The smallest absolute Gasteiger partial charge is 0.303 e. The fraction of sp³-hybridized carbons (Fsp3) is 0.571. The lowest BCUT2D eigenvalue weighted by molar-refractivity contribution is -0.139. The first-order chi connectivity index (χ1) is 6.48. The molecule has 0 rings (SSSR count). The molecule has 0 saturated heterocycles. The summed E-state index contributed by atoms with van der Waals surface area (Å²) in [6.07, 6.45) is 0. The topological polar surface area (TPSA) is 69.7 Å². The Bertz CT molecular complexity index is 337. The van der Waals surface area contributed by atoms with E-state index in [0.29, 0.717) is 0 Å². The Morgan fingerprint density at radius 1 is 1.36 bits per heavy atom. The van der Waals surface area contributed by atoms with Crippen molar-refractivity contribution >= 4 is 16.1 Å². The van der Waals surface area contributed by atoms with Crippen LogP contribution in [0.15, 0.2) is 0 Å². The molecule has 14 heavy (non-hydrogen) atoms. The van der Waals surface area contributed by atoms with E-state index >= 15 is 0 Å². The van der Waals surface area contributed by atoms with E-state index in [9.17, 15) is 17.6 Å². The maximum atomic E-state index is 11.6. The largest absolute Gasteiger partial charge is 0.453 e. The second-order valence-electron chi connectivity index (χ2n) is 2.06. The number of rotatable bonds is 4. The van der Waals surface area contributed by atoms with E-state index in [1.165, 1.54) is 6.92 Å². The zero-order valence-electron chi connectivity index (χ0n) is 7.45. The fourth-order valence-electron chi connectivity index (χ4n) is 0.391. The Morgan fingerprint density at radius 3 is 2.43 bits per heavy atom. The SMILES string of the molecule is CC(=O)OCC#CCOS(=O)(=O)CF. The summed E-state index contributed by atoms with van der Waals surface area (Å²) >= 11 is 0. The lowest BCUT2D eigenvalue weighted by Gasteiger charge is -1.95. The zero-order chi connectivity index (χ0) is 11.0. The van der Waals surface area contributed by atoms with Gasteiger partial charge in [0, 0.05) is 6.92 Å². The van der Waals surface area contributed by atoms with Gasteiger partial charge in [-0.05, 0) is 0 Å². The Morgan fingerprint density at radius 2 is 1.93 bits per heavy atom. The normalized spacial score (nSPS) is 10.1. The molecule has 0 aliphatic carbocycles. The molecule has 0 heterocycles. The lowest BCUT2D eigenvalue weighted by atomic mass is 10.6. The molecule has 0 aliphatic rings. The second-order valence-corrected chi connectivity index (χ2v) is 3.63. The maximum absolute atomic E-state index is 11.6. The number of alkyl halides is 1. The van der Waals surface area contributed by atoms with Crippen LogP contribution in [0, 0.1) is 11.8 Å². The average Bonchev–Trinajstić information content (AvgIpc) is 2.10. The third-order valence-electron chi connectivity index (χ3n) is 0.917. The molecule has 0 saturated carbocycles. The Labute approximate surface area is 81.3 Å². The van der Waals surface area contributed by atoms with Crippen molar-refractivity contribution in [2.45, 2.75) is 6.92 Å². The first-order valence-electron chi connectivity index (χ1n) is 3.50. The molecule has 80 valence electrons. The molecule has 0 atom stereocenters. The predicted molar refractivity (Wildman–Crippen MR) is 45.3 cm³/mol. The molecule has 7 heteroatoms. The van der Waals surface area contributed by atoms with Crippen molar-refractivity contribution in [1.29, 1.82) is 0 Å². The molecule has 0 spiro atoms. The average molecular weight is 224 g/mol. The monoisotopic (exact) mass is 224 g/mol. The first kappa shape index (κ1) is 12.9. The van der Waals surface area contributed by atoms with E-state index in [2.05, 4.69) is 20.8 Å². The van der Waals surface area contributed by atoms with Gasteiger partial charge in [-0.15, -0.1) is 0 Å². The minimum atomic E-state index is -4.10. The van der Waals surface area contributed by atoms with Crippen molar-refractivity contribution in [2.24, 2.45) is 0 Å². The van der Waals surface area contributed by atoms with Crippen molar-refractivity contribution in [2.75, 3.05) is 19.2 Å². The second kappa shape index (κ2) is 6.34. The van der Waals surface area contributed by atoms with Gasteiger partial charge in [0.05, 0.1) is 0 Å². The highest BCUT2D eigenvalue weighted by atomic mass is 32.2. The number of ether oxygens (including phenoxy) is 1. The molecule has 0 amide bonds. The molecule has 0 N–H and O–H groups in total. The lowest BCUT2D eigenvalue weighted by Crippen LogP contribution is -2.07. The summed E-state index contributed by atoms with van der Waals surface area (Å²) in [6.45, 7) is 0.619. The molecule has 0 aliphatic heterocycles. The summed E-state index contributed by atoms with van der Waals surface area (Å²) in [5, 5.41) is 0. The van der Waals surface area contributed by atoms with Crippen LogP contribution in [0.5, 0.6) is 0 Å². The summed E-state index contributed by atoms with van der Waals surface area (Å²) in [4.78, 5) is 10.2. The molecule has 0 unspecified atom stereocenters. The Hall–Kier alpha value is -1.13. The molecule has 0 aromatic rings. The van der Waals surface area contributed by atoms with Crippen LogP contribution in [0.25, 0.3) is 0 Å². The number of hydrogen-bond donors (Lipinski definition) is 0. The van der Waals surface area contributed by atoms with Crippen molar-refractivity contribution < 1.29 is 26.5 Å². The van der Waals surface area contributed by atoms with Crippen LogP contribution in [-0.2, 0) is 23.8 Å². The van der Waals surface area contributed by atoms with Gasteiger partial charge in [0.2, 0.25) is 6.01 Å². The van der Waals surface area contributed by atoms with E-state index in [0.717, 1.165) is 0 Å². The zero-order valence-corrected chi connectivity index (χ0v) is 8.27. The van der Waals surface area contributed by atoms with Crippen LogP contribution in [0.4, 0.5) is 4.39 Å². The van der Waals surface area contributed by atoms with E-state index in [4.69, 9.17) is 0 Å². The molecular weight excluding hydrogens is 215 g/mol. The van der Waals surface area contributed by atoms with E-state index < -0.39 is 28.7 Å². The van der Waals surface area contributed by atoms with Crippen LogP contribution >= 0.6 is 0 Å². The van der Waals surface area contributed by atoms with Gasteiger partial charge in [-0.2, -0.15) is 8.42 Å². The molecule has 0 fully saturated rings. The van der Waals surface area contributed by atoms with Gasteiger partial charge in [-0.1, -0.05) is 11.8 Å². The molecule has 0 aromatic carbocycles. The number of carbonyl (C=O) groups is 1. The van der Waals surface area contributed by atoms with Gasteiger partial charge in [-0.3, -0.25) is 8.98 Å². The van der Waals surface area contributed by atoms with Crippen LogP contribution in [0.3, 0.4) is 0 Å². The van der Waals surface area contributed by atoms with Gasteiger partial charge in [0.25, 0.3) is 10.1 Å². The summed E-state index contributed by atoms with van der Waals surface area (Å²) in [5.41, 5.74) is 0. The minimum Gasteiger partial charge on any atom is -0.453 e. The summed E-state index contributed by atoms with van der Waals surface area (Å²) < 4.78 is 40.9. The van der Waals surface area contributed by atoms with Gasteiger partial charge >= 0.3 is 5.97 Å². The summed E-state index contributed by atoms with van der Waals surface area (Å²) in [6, 6.07) is -1.58. The number of hydrogen-bond acceptors (Lipinski definition) is 5. The van der Waals surface area contributed by atoms with Crippen LogP contribution in [0.2, 0.25) is 0 Å². The molecule has 0 radical (unpaired) electrons. The maximum Gasteiger partial charge on any atom is 0.303 e. The van der Waals surface area contributed by atoms with E-state index in [1.54, 1.807) is 0 Å². The molecular formula is C7H9FO5S. The third-order valence-corrected chi connectivity index (χ3v) is 1.66. The highest BCUT2D eigenvalue weighted by Gasteiger charge is 2.07. The predicted octanol–water partition coefficient (Wildman–Crippen LogP) is -0.174. The van der Waals surface area contributed by atoms with E-state index in [1.807, 2.05) is 0 Å². The summed E-state index contributed by atoms with van der Waals surface area (Å²) in [7, 11) is -4.10. The Kier molecular flexibility index (Phi) is 5.83. The van der Waals surface area contributed by atoms with Gasteiger partial charge in [0.1, 0.15) is 6.61 Å². The van der Waals surface area contributed by atoms with Crippen molar-refractivity contribution in [1.82, 2.24) is 0 Å². The highest BCUT2D eigenvalue weighted by Crippen LogP contribution is 1.91. The van der Waals surface area contributed by atoms with E-state index in [-0.39, 0.29) is 6.61 Å². The Balaban J connectivity index is 3.68. The van der Waals surface area contributed by atoms with Crippen molar-refractivity contribution in [3.05, 3.63) is 0 Å². The number of halogens is 1. The third kappa shape index (κ3) is 7.52. The molecule has 0 bridgehead atoms. The van der Waals surface area contributed by atoms with Crippen LogP contribution in [0.1, 0.15) is 6.92 Å². The minimum absolute atomic E-state index is 0.144. The molecule has 5 nitrogen and oxygen atoms in total.